The molecule has 1 unspecified atom stereocenters. The highest BCUT2D eigenvalue weighted by Gasteiger charge is 2.29. The van der Waals surface area contributed by atoms with Gasteiger partial charge >= 0.3 is 5.97 Å². The first-order chi connectivity index (χ1) is 13.2. The maximum atomic E-state index is 11.8. The molecule has 1 aliphatic carbocycles. The smallest absolute Gasteiger partial charge is 0.315 e. The number of nitrogens with one attached hydrogen (secondary N) is 1. The van der Waals surface area contributed by atoms with Gasteiger partial charge in [-0.3, -0.25) is 4.79 Å². The molecule has 0 saturated heterocycles. The Morgan fingerprint density at radius 1 is 1.30 bits per heavy atom. The van der Waals surface area contributed by atoms with Gasteiger partial charge in [-0.05, 0) is 49.3 Å². The Morgan fingerprint density at radius 3 is 2.81 bits per heavy atom. The summed E-state index contributed by atoms with van der Waals surface area (Å²) in [4.78, 5) is 11.8. The third kappa shape index (κ3) is 4.84. The first-order valence-electron chi connectivity index (χ1n) is 9.36. The molecule has 0 fully saturated rings. The molecule has 3 rings (SSSR count). The van der Waals surface area contributed by atoms with Gasteiger partial charge in [0, 0.05) is 5.70 Å². The summed E-state index contributed by atoms with van der Waals surface area (Å²) in [6, 6.07) is 12.5. The largest absolute Gasteiger partial charge is 0.465 e. The molecule has 1 heterocycles. The second-order valence-electron chi connectivity index (χ2n) is 6.49. The predicted molar refractivity (Wildman–Crippen MR) is 110 cm³/mol. The summed E-state index contributed by atoms with van der Waals surface area (Å²) in [5.74, 6) is -0.0130. The highest BCUT2D eigenvalue weighted by molar-refractivity contribution is 8.00. The van der Waals surface area contributed by atoms with E-state index in [1.54, 1.807) is 6.92 Å². The molecule has 1 aromatic carbocycles. The highest BCUT2D eigenvalue weighted by Crippen LogP contribution is 2.38. The summed E-state index contributed by atoms with van der Waals surface area (Å²) in [7, 11) is 0. The average Bonchev–Trinajstić information content (AvgIpc) is 2.71. The van der Waals surface area contributed by atoms with E-state index in [4.69, 9.17) is 4.74 Å². The van der Waals surface area contributed by atoms with Gasteiger partial charge in [-0.1, -0.05) is 42.5 Å². The minimum absolute atomic E-state index is 0.216. The SMILES string of the molecule is CCOC(=O)CSC1NC2=C(CCCC2)C(/C=C/c2ccccc2)=C1C#N. The van der Waals surface area contributed by atoms with E-state index >= 15 is 0 Å². The first-order valence-corrected chi connectivity index (χ1v) is 10.4. The zero-order chi connectivity index (χ0) is 19.1. The lowest BCUT2D eigenvalue weighted by Crippen LogP contribution is -2.34. The van der Waals surface area contributed by atoms with Gasteiger partial charge < -0.3 is 10.1 Å². The van der Waals surface area contributed by atoms with Gasteiger partial charge in [0.05, 0.1) is 24.0 Å². The van der Waals surface area contributed by atoms with Crippen LogP contribution in [0, 0.1) is 11.3 Å². The molecule has 1 aliphatic heterocycles. The fourth-order valence-electron chi connectivity index (χ4n) is 3.43. The lowest BCUT2D eigenvalue weighted by atomic mass is 9.85. The van der Waals surface area contributed by atoms with E-state index in [1.165, 1.54) is 23.0 Å². The average molecular weight is 381 g/mol. The van der Waals surface area contributed by atoms with E-state index in [9.17, 15) is 10.1 Å². The maximum Gasteiger partial charge on any atom is 0.315 e. The van der Waals surface area contributed by atoms with Crippen molar-refractivity contribution in [2.75, 3.05) is 12.4 Å². The van der Waals surface area contributed by atoms with Gasteiger partial charge in [0.1, 0.15) is 5.37 Å². The molecule has 0 amide bonds. The molecule has 0 radical (unpaired) electrons. The van der Waals surface area contributed by atoms with Gasteiger partial charge in [0.2, 0.25) is 0 Å². The normalized spacial score (nSPS) is 19.5. The minimum Gasteiger partial charge on any atom is -0.465 e. The van der Waals surface area contributed by atoms with Crippen LogP contribution in [0.1, 0.15) is 38.2 Å². The number of carbonyl (C=O) groups is 1. The van der Waals surface area contributed by atoms with Gasteiger partial charge in [0.15, 0.2) is 0 Å². The van der Waals surface area contributed by atoms with Crippen molar-refractivity contribution in [2.24, 2.45) is 0 Å². The van der Waals surface area contributed by atoms with E-state index in [-0.39, 0.29) is 17.1 Å². The Balaban J connectivity index is 1.89. The third-order valence-electron chi connectivity index (χ3n) is 4.69. The number of hydrogen-bond donors (Lipinski definition) is 1. The molecule has 140 valence electrons. The summed E-state index contributed by atoms with van der Waals surface area (Å²) >= 11 is 1.43. The summed E-state index contributed by atoms with van der Waals surface area (Å²) in [5, 5.41) is 13.1. The highest BCUT2D eigenvalue weighted by atomic mass is 32.2. The molecular weight excluding hydrogens is 356 g/mol. The number of ether oxygens (including phenoxy) is 1. The second-order valence-corrected chi connectivity index (χ2v) is 7.58. The van der Waals surface area contributed by atoms with E-state index < -0.39 is 0 Å². The summed E-state index contributed by atoms with van der Waals surface area (Å²) < 4.78 is 5.03. The predicted octanol–water partition coefficient (Wildman–Crippen LogP) is 4.57. The molecule has 0 bridgehead atoms. The number of benzene rings is 1. The number of nitriles is 1. The van der Waals surface area contributed by atoms with E-state index in [0.717, 1.165) is 36.8 Å². The Labute approximate surface area is 165 Å². The summed E-state index contributed by atoms with van der Waals surface area (Å²) in [5.41, 5.74) is 5.27. The Morgan fingerprint density at radius 2 is 2.07 bits per heavy atom. The Hall–Kier alpha value is -2.45. The van der Waals surface area contributed by atoms with Crippen molar-refractivity contribution < 1.29 is 9.53 Å². The van der Waals surface area contributed by atoms with Crippen molar-refractivity contribution in [2.45, 2.75) is 38.0 Å². The minimum atomic E-state index is -0.244. The zero-order valence-electron chi connectivity index (χ0n) is 15.5. The molecular formula is C22H24N2O2S. The Bertz CT molecular complexity index is 818. The molecule has 0 spiro atoms. The van der Waals surface area contributed by atoms with Gasteiger partial charge in [-0.2, -0.15) is 5.26 Å². The van der Waals surface area contributed by atoms with Crippen molar-refractivity contribution in [1.82, 2.24) is 5.32 Å². The number of rotatable bonds is 6. The van der Waals surface area contributed by atoms with Crippen LogP contribution in [0.25, 0.3) is 6.08 Å². The van der Waals surface area contributed by atoms with Gasteiger partial charge in [0.25, 0.3) is 0 Å². The standard InChI is InChI=1S/C22H24N2O2S/c1-2-26-21(25)15-27-22-19(14-23)17(13-12-16-8-4-3-5-9-16)18-10-6-7-11-20(18)24-22/h3-5,8-9,12-13,22,24H,2,6-7,10-11,15H2,1H3/b13-12+. The fourth-order valence-corrected chi connectivity index (χ4v) is 4.39. The number of esters is 1. The van der Waals surface area contributed by atoms with E-state index in [2.05, 4.69) is 23.5 Å². The molecule has 1 atom stereocenters. The third-order valence-corrected chi connectivity index (χ3v) is 5.78. The van der Waals surface area contributed by atoms with Crippen LogP contribution in [0.5, 0.6) is 0 Å². The molecule has 5 heteroatoms. The Kier molecular flexibility index (Phi) is 6.78. The maximum absolute atomic E-state index is 11.8. The summed E-state index contributed by atoms with van der Waals surface area (Å²) in [6.45, 7) is 2.17. The summed E-state index contributed by atoms with van der Waals surface area (Å²) in [6.07, 6.45) is 8.39. The molecule has 0 saturated carbocycles. The number of thioether (sulfide) groups is 1. The van der Waals surface area contributed by atoms with Crippen LogP contribution in [0.3, 0.4) is 0 Å². The van der Waals surface area contributed by atoms with Crippen LogP contribution >= 0.6 is 11.8 Å². The molecule has 27 heavy (non-hydrogen) atoms. The number of dihydropyridines is 1. The number of allylic oxidation sites excluding steroid dienone is 4. The zero-order valence-corrected chi connectivity index (χ0v) is 16.3. The topological polar surface area (TPSA) is 62.1 Å². The van der Waals surface area contributed by atoms with Crippen molar-refractivity contribution in [3.63, 3.8) is 0 Å². The van der Waals surface area contributed by atoms with Crippen LogP contribution in [-0.2, 0) is 9.53 Å². The monoisotopic (exact) mass is 380 g/mol. The number of carbonyl (C=O) groups excluding carboxylic acids is 1. The first kappa shape index (κ1) is 19.3. The quantitative estimate of drug-likeness (QED) is 0.732. The molecule has 1 aromatic rings. The second kappa shape index (κ2) is 9.48. The van der Waals surface area contributed by atoms with Crippen LogP contribution in [-0.4, -0.2) is 23.7 Å². The lowest BCUT2D eigenvalue weighted by molar-refractivity contribution is -0.139. The molecule has 4 nitrogen and oxygen atoms in total. The molecule has 1 N–H and O–H groups in total. The van der Waals surface area contributed by atoms with Crippen LogP contribution in [0.15, 0.2) is 58.8 Å². The van der Waals surface area contributed by atoms with Crippen molar-refractivity contribution in [3.8, 4) is 6.07 Å². The molecule has 0 aromatic heterocycles. The van der Waals surface area contributed by atoms with Crippen LogP contribution in [0.4, 0.5) is 0 Å². The van der Waals surface area contributed by atoms with E-state index in [0.29, 0.717) is 12.2 Å². The van der Waals surface area contributed by atoms with Crippen LogP contribution < -0.4 is 5.32 Å². The van der Waals surface area contributed by atoms with Gasteiger partial charge in [-0.15, -0.1) is 11.8 Å². The van der Waals surface area contributed by atoms with Crippen molar-refractivity contribution >= 4 is 23.8 Å². The number of hydrogen-bond acceptors (Lipinski definition) is 5. The van der Waals surface area contributed by atoms with Gasteiger partial charge in [-0.25, -0.2) is 0 Å². The lowest BCUT2D eigenvalue weighted by Gasteiger charge is -2.32. The van der Waals surface area contributed by atoms with Crippen LogP contribution in [0.2, 0.25) is 0 Å². The number of nitrogens with zero attached hydrogens (tertiary/aromatic N) is 1. The van der Waals surface area contributed by atoms with Crippen molar-refractivity contribution in [3.05, 3.63) is 64.4 Å². The fraction of sp³-hybridized carbons (Fsp3) is 0.364. The van der Waals surface area contributed by atoms with E-state index in [1.807, 2.05) is 30.3 Å². The molecule has 2 aliphatic rings. The van der Waals surface area contributed by atoms with Crippen molar-refractivity contribution in [1.29, 1.82) is 5.26 Å².